The minimum Gasteiger partial charge on any atom is -0.383 e. The number of hydrogen-bond donors (Lipinski definition) is 2. The van der Waals surface area contributed by atoms with Crippen LogP contribution < -0.4 is 10.6 Å². The molecule has 0 bridgehead atoms. The number of ether oxygens (including phenoxy) is 1. The Bertz CT molecular complexity index is 242. The van der Waals surface area contributed by atoms with Crippen molar-refractivity contribution in [3.63, 3.8) is 0 Å². The molecule has 106 valence electrons. The highest BCUT2D eigenvalue weighted by atomic mass is 16.5. The lowest BCUT2D eigenvalue weighted by Gasteiger charge is -2.13. The van der Waals surface area contributed by atoms with Crippen LogP contribution in [-0.2, 0) is 9.53 Å². The molecule has 0 aliphatic heterocycles. The average molecular weight is 258 g/mol. The average Bonchev–Trinajstić information content (AvgIpc) is 2.35. The van der Waals surface area contributed by atoms with Crippen LogP contribution in [0, 0.1) is 0 Å². The van der Waals surface area contributed by atoms with Gasteiger partial charge in [-0.3, -0.25) is 4.79 Å². The molecule has 0 aromatic heterocycles. The molecule has 0 aliphatic carbocycles. The Morgan fingerprint density at radius 1 is 1.28 bits per heavy atom. The summed E-state index contributed by atoms with van der Waals surface area (Å²) in [5, 5.41) is 6.30. The van der Waals surface area contributed by atoms with Gasteiger partial charge in [0, 0.05) is 34.3 Å². The summed E-state index contributed by atoms with van der Waals surface area (Å²) in [5.41, 5.74) is 0. The molecule has 18 heavy (non-hydrogen) atoms. The van der Waals surface area contributed by atoms with Crippen molar-refractivity contribution in [1.29, 1.82) is 0 Å². The van der Waals surface area contributed by atoms with Gasteiger partial charge in [0.05, 0.1) is 6.61 Å². The molecule has 0 spiro atoms. The lowest BCUT2D eigenvalue weighted by Crippen LogP contribution is -2.40. The predicted molar refractivity (Wildman–Crippen MR) is 73.8 cm³/mol. The topological polar surface area (TPSA) is 66.0 Å². The SMILES string of the molecule is CCCCNC(=NCC(=O)N(C)C)NCCOC. The smallest absolute Gasteiger partial charge is 0.243 e. The monoisotopic (exact) mass is 258 g/mol. The molecule has 2 N–H and O–H groups in total. The highest BCUT2D eigenvalue weighted by Crippen LogP contribution is 1.85. The summed E-state index contributed by atoms with van der Waals surface area (Å²) >= 11 is 0. The number of carbonyl (C=O) groups is 1. The van der Waals surface area contributed by atoms with Gasteiger partial charge in [-0.25, -0.2) is 4.99 Å². The minimum absolute atomic E-state index is 0.0154. The summed E-state index contributed by atoms with van der Waals surface area (Å²) in [7, 11) is 5.10. The van der Waals surface area contributed by atoms with Crippen LogP contribution in [-0.4, -0.2) is 64.2 Å². The Kier molecular flexibility index (Phi) is 10.0. The highest BCUT2D eigenvalue weighted by Gasteiger charge is 2.03. The van der Waals surface area contributed by atoms with Gasteiger partial charge in [0.2, 0.25) is 5.91 Å². The second kappa shape index (κ2) is 10.8. The van der Waals surface area contributed by atoms with Gasteiger partial charge >= 0.3 is 0 Å². The van der Waals surface area contributed by atoms with Crippen LogP contribution in [0.2, 0.25) is 0 Å². The number of unbranched alkanes of at least 4 members (excludes halogenated alkanes) is 1. The molecular formula is C12H26N4O2. The highest BCUT2D eigenvalue weighted by molar-refractivity contribution is 5.84. The van der Waals surface area contributed by atoms with Crippen molar-refractivity contribution in [1.82, 2.24) is 15.5 Å². The first-order valence-electron chi connectivity index (χ1n) is 6.33. The van der Waals surface area contributed by atoms with Crippen molar-refractivity contribution >= 4 is 11.9 Å². The minimum atomic E-state index is -0.0154. The van der Waals surface area contributed by atoms with E-state index in [4.69, 9.17) is 4.74 Å². The number of nitrogens with zero attached hydrogens (tertiary/aromatic N) is 2. The molecule has 0 aromatic carbocycles. The zero-order chi connectivity index (χ0) is 13.8. The van der Waals surface area contributed by atoms with E-state index in [-0.39, 0.29) is 12.5 Å². The molecule has 0 radical (unpaired) electrons. The fraction of sp³-hybridized carbons (Fsp3) is 0.833. The number of methoxy groups -OCH3 is 1. The fourth-order valence-corrected chi connectivity index (χ4v) is 1.12. The van der Waals surface area contributed by atoms with Crippen molar-refractivity contribution in [3.8, 4) is 0 Å². The third-order valence-electron chi connectivity index (χ3n) is 2.29. The molecule has 0 aliphatic rings. The molecule has 0 saturated heterocycles. The Labute approximate surface area is 110 Å². The third kappa shape index (κ3) is 8.81. The van der Waals surface area contributed by atoms with Crippen LogP contribution in [0.15, 0.2) is 4.99 Å². The van der Waals surface area contributed by atoms with Crippen molar-refractivity contribution in [2.75, 3.05) is 47.4 Å². The summed E-state index contributed by atoms with van der Waals surface area (Å²) in [6.45, 7) is 4.42. The Balaban J connectivity index is 4.16. The van der Waals surface area contributed by atoms with E-state index in [9.17, 15) is 4.79 Å². The molecule has 0 aromatic rings. The van der Waals surface area contributed by atoms with Gasteiger partial charge in [-0.15, -0.1) is 0 Å². The number of likely N-dealkylation sites (N-methyl/N-ethyl adjacent to an activating group) is 1. The van der Waals surface area contributed by atoms with Gasteiger partial charge in [0.1, 0.15) is 6.54 Å². The van der Waals surface area contributed by atoms with Crippen molar-refractivity contribution < 1.29 is 9.53 Å². The molecular weight excluding hydrogens is 232 g/mol. The van der Waals surface area contributed by atoms with Gasteiger partial charge in [-0.2, -0.15) is 0 Å². The van der Waals surface area contributed by atoms with E-state index in [1.807, 2.05) is 0 Å². The molecule has 0 rings (SSSR count). The maximum absolute atomic E-state index is 11.4. The number of nitrogens with one attached hydrogen (secondary N) is 2. The third-order valence-corrected chi connectivity index (χ3v) is 2.29. The summed E-state index contributed by atoms with van der Waals surface area (Å²) in [6, 6.07) is 0. The van der Waals surface area contributed by atoms with Crippen LogP contribution in [0.1, 0.15) is 19.8 Å². The zero-order valence-electron chi connectivity index (χ0n) is 12.0. The predicted octanol–water partition coefficient (Wildman–Crippen LogP) is 0.0563. The Hall–Kier alpha value is -1.30. The lowest BCUT2D eigenvalue weighted by molar-refractivity contribution is -0.127. The first-order valence-corrected chi connectivity index (χ1v) is 6.33. The number of aliphatic imine (C=N–C) groups is 1. The van der Waals surface area contributed by atoms with E-state index in [1.165, 1.54) is 4.90 Å². The number of guanidine groups is 1. The molecule has 0 heterocycles. The fourth-order valence-electron chi connectivity index (χ4n) is 1.12. The lowest BCUT2D eigenvalue weighted by atomic mass is 10.3. The summed E-state index contributed by atoms with van der Waals surface area (Å²) in [4.78, 5) is 17.2. The first kappa shape index (κ1) is 16.7. The van der Waals surface area contributed by atoms with E-state index in [0.29, 0.717) is 19.1 Å². The number of hydrogen-bond acceptors (Lipinski definition) is 3. The van der Waals surface area contributed by atoms with E-state index < -0.39 is 0 Å². The second-order valence-corrected chi connectivity index (χ2v) is 4.15. The number of carbonyl (C=O) groups excluding carboxylic acids is 1. The van der Waals surface area contributed by atoms with Gasteiger partial charge in [0.25, 0.3) is 0 Å². The van der Waals surface area contributed by atoms with Crippen LogP contribution >= 0.6 is 0 Å². The molecule has 6 nitrogen and oxygen atoms in total. The summed E-state index contributed by atoms with van der Waals surface area (Å²) in [6.07, 6.45) is 2.20. The Morgan fingerprint density at radius 2 is 1.94 bits per heavy atom. The summed E-state index contributed by atoms with van der Waals surface area (Å²) < 4.78 is 4.96. The Morgan fingerprint density at radius 3 is 2.50 bits per heavy atom. The van der Waals surface area contributed by atoms with E-state index in [2.05, 4.69) is 22.5 Å². The number of rotatable bonds is 8. The van der Waals surface area contributed by atoms with Crippen molar-refractivity contribution in [2.45, 2.75) is 19.8 Å². The molecule has 0 fully saturated rings. The molecule has 0 atom stereocenters. The van der Waals surface area contributed by atoms with Crippen LogP contribution in [0.5, 0.6) is 0 Å². The first-order chi connectivity index (χ1) is 8.61. The van der Waals surface area contributed by atoms with Gasteiger partial charge in [-0.1, -0.05) is 13.3 Å². The largest absolute Gasteiger partial charge is 0.383 e. The van der Waals surface area contributed by atoms with E-state index in [0.717, 1.165) is 19.4 Å². The van der Waals surface area contributed by atoms with Gasteiger partial charge in [-0.05, 0) is 6.42 Å². The molecule has 0 saturated carbocycles. The van der Waals surface area contributed by atoms with Crippen molar-refractivity contribution in [2.24, 2.45) is 4.99 Å². The number of amides is 1. The van der Waals surface area contributed by atoms with Gasteiger partial charge < -0.3 is 20.3 Å². The van der Waals surface area contributed by atoms with E-state index >= 15 is 0 Å². The normalized spacial score (nSPS) is 11.2. The maximum Gasteiger partial charge on any atom is 0.243 e. The van der Waals surface area contributed by atoms with Crippen LogP contribution in [0.25, 0.3) is 0 Å². The second-order valence-electron chi connectivity index (χ2n) is 4.15. The van der Waals surface area contributed by atoms with Crippen molar-refractivity contribution in [3.05, 3.63) is 0 Å². The molecule has 6 heteroatoms. The molecule has 1 amide bonds. The molecule has 0 unspecified atom stereocenters. The zero-order valence-corrected chi connectivity index (χ0v) is 12.0. The standard InChI is InChI=1S/C12H26N4O2/c1-5-6-7-13-12(14-8-9-18-4)15-10-11(17)16(2)3/h5-10H2,1-4H3,(H2,13,14,15). The quantitative estimate of drug-likeness (QED) is 0.367. The van der Waals surface area contributed by atoms with Crippen LogP contribution in [0.3, 0.4) is 0 Å². The van der Waals surface area contributed by atoms with Crippen LogP contribution in [0.4, 0.5) is 0 Å². The van der Waals surface area contributed by atoms with E-state index in [1.54, 1.807) is 21.2 Å². The van der Waals surface area contributed by atoms with Gasteiger partial charge in [0.15, 0.2) is 5.96 Å². The summed E-state index contributed by atoms with van der Waals surface area (Å²) in [5.74, 6) is 0.647. The maximum atomic E-state index is 11.4.